The molecule has 1 aromatic carbocycles. The largest absolute Gasteiger partial charge is 0.481 e. The minimum absolute atomic E-state index is 0.0681. The van der Waals surface area contributed by atoms with Crippen molar-refractivity contribution in [3.8, 4) is 11.3 Å². The molecule has 0 unspecified atom stereocenters. The first kappa shape index (κ1) is 31.0. The first-order valence-electron chi connectivity index (χ1n) is 13.3. The lowest BCUT2D eigenvalue weighted by atomic mass is 9.89. The number of amides is 1. The molecule has 11 heteroatoms. The maximum atomic E-state index is 14.1. The van der Waals surface area contributed by atoms with Gasteiger partial charge in [-0.3, -0.25) is 19.0 Å². The number of alkyl halides is 3. The van der Waals surface area contributed by atoms with Crippen LogP contribution in [-0.2, 0) is 17.5 Å². The van der Waals surface area contributed by atoms with Crippen LogP contribution in [0.15, 0.2) is 29.2 Å². The lowest BCUT2D eigenvalue weighted by Crippen LogP contribution is -2.32. The summed E-state index contributed by atoms with van der Waals surface area (Å²) in [5, 5.41) is 16.5. The Kier molecular flexibility index (Phi) is 9.80. The van der Waals surface area contributed by atoms with Gasteiger partial charge in [0.15, 0.2) is 5.69 Å². The Hall–Kier alpha value is -2.53. The molecule has 1 saturated carbocycles. The fraction of sp³-hybridized carbons (Fsp3) is 0.607. The van der Waals surface area contributed by atoms with Crippen LogP contribution >= 0.6 is 11.9 Å². The smallest absolute Gasteiger partial charge is 0.417 e. The van der Waals surface area contributed by atoms with E-state index >= 15 is 0 Å². The van der Waals surface area contributed by atoms with Crippen molar-refractivity contribution in [3.63, 3.8) is 0 Å². The molecular formula is C28H39F3N4O3S. The van der Waals surface area contributed by atoms with E-state index in [9.17, 15) is 27.9 Å². The van der Waals surface area contributed by atoms with E-state index in [0.29, 0.717) is 23.7 Å². The predicted molar refractivity (Wildman–Crippen MR) is 146 cm³/mol. The number of aromatic nitrogens is 2. The third kappa shape index (κ3) is 8.73. The average molecular weight is 569 g/mol. The molecule has 2 aromatic rings. The zero-order valence-corrected chi connectivity index (χ0v) is 24.1. The van der Waals surface area contributed by atoms with Gasteiger partial charge in [0, 0.05) is 29.1 Å². The third-order valence-electron chi connectivity index (χ3n) is 6.83. The van der Waals surface area contributed by atoms with Crippen molar-refractivity contribution in [2.24, 2.45) is 11.3 Å². The van der Waals surface area contributed by atoms with Crippen LogP contribution in [0.2, 0.25) is 0 Å². The number of hydrogen-bond donors (Lipinski definition) is 3. The average Bonchev–Trinajstić information content (AvgIpc) is 3.26. The Balaban J connectivity index is 1.93. The lowest BCUT2D eigenvalue weighted by molar-refractivity contribution is -0.147. The minimum atomic E-state index is -4.57. The summed E-state index contributed by atoms with van der Waals surface area (Å²) in [6, 6.07) is 5.73. The molecule has 216 valence electrons. The lowest BCUT2D eigenvalue weighted by Gasteiger charge is -2.23. The van der Waals surface area contributed by atoms with Gasteiger partial charge in [-0.05, 0) is 89.9 Å². The molecule has 0 aliphatic heterocycles. The number of carboxylic acids is 1. The molecule has 3 rings (SSSR count). The van der Waals surface area contributed by atoms with Crippen LogP contribution in [0.25, 0.3) is 11.3 Å². The van der Waals surface area contributed by atoms with Gasteiger partial charge in [-0.25, -0.2) is 0 Å². The van der Waals surface area contributed by atoms with Crippen LogP contribution in [0.5, 0.6) is 0 Å². The molecule has 0 bridgehead atoms. The molecule has 1 aromatic heterocycles. The molecular weight excluding hydrogens is 529 g/mol. The molecule has 0 saturated heterocycles. The maximum absolute atomic E-state index is 14.1. The first-order chi connectivity index (χ1) is 18.1. The van der Waals surface area contributed by atoms with E-state index in [2.05, 4.69) is 15.1 Å². The van der Waals surface area contributed by atoms with E-state index < -0.39 is 29.0 Å². The summed E-state index contributed by atoms with van der Waals surface area (Å²) >= 11 is 0.942. The topological polar surface area (TPSA) is 96.2 Å². The number of hydrogen-bond acceptors (Lipinski definition) is 5. The number of benzene rings is 1. The number of carbonyl (C=O) groups is 2. The van der Waals surface area contributed by atoms with Crippen molar-refractivity contribution in [2.75, 3.05) is 6.54 Å². The molecule has 1 amide bonds. The van der Waals surface area contributed by atoms with Crippen LogP contribution in [0.4, 0.5) is 13.2 Å². The molecule has 0 atom stereocenters. The number of carboxylic acid groups (broad SMARTS) is 1. The summed E-state index contributed by atoms with van der Waals surface area (Å²) in [5.41, 5.74) is -1.27. The summed E-state index contributed by atoms with van der Waals surface area (Å²) in [5.74, 6) is -1.12. The monoisotopic (exact) mass is 568 g/mol. The van der Waals surface area contributed by atoms with Crippen molar-refractivity contribution in [1.82, 2.24) is 19.8 Å². The van der Waals surface area contributed by atoms with Gasteiger partial charge in [-0.1, -0.05) is 25.3 Å². The van der Waals surface area contributed by atoms with Crippen LogP contribution in [0, 0.1) is 11.3 Å². The van der Waals surface area contributed by atoms with Crippen molar-refractivity contribution in [3.05, 3.63) is 35.5 Å². The van der Waals surface area contributed by atoms with Gasteiger partial charge in [-0.15, -0.1) is 0 Å². The molecule has 0 spiro atoms. The maximum Gasteiger partial charge on any atom is 0.417 e. The van der Waals surface area contributed by atoms with Crippen LogP contribution in [0.3, 0.4) is 0 Å². The molecule has 0 radical (unpaired) electrons. The molecule has 1 fully saturated rings. The van der Waals surface area contributed by atoms with Crippen molar-refractivity contribution in [2.45, 2.75) is 96.3 Å². The predicted octanol–water partition coefficient (Wildman–Crippen LogP) is 6.78. The zero-order chi connectivity index (χ0) is 29.0. The van der Waals surface area contributed by atoms with E-state index in [1.54, 1.807) is 24.6 Å². The summed E-state index contributed by atoms with van der Waals surface area (Å²) in [6.07, 6.45) is 1.03. The van der Waals surface area contributed by atoms with Gasteiger partial charge in [-0.2, -0.15) is 18.3 Å². The fourth-order valence-electron chi connectivity index (χ4n) is 4.41. The summed E-state index contributed by atoms with van der Waals surface area (Å²) < 4.78 is 47.0. The van der Waals surface area contributed by atoms with E-state index in [1.807, 2.05) is 20.8 Å². The number of nitrogens with one attached hydrogen (secondary N) is 2. The van der Waals surface area contributed by atoms with E-state index in [-0.39, 0.29) is 29.1 Å². The number of halogens is 3. The summed E-state index contributed by atoms with van der Waals surface area (Å²) in [6.45, 7) is 9.43. The van der Waals surface area contributed by atoms with Gasteiger partial charge in [0.2, 0.25) is 0 Å². The van der Waals surface area contributed by atoms with Crippen molar-refractivity contribution >= 4 is 23.8 Å². The van der Waals surface area contributed by atoms with Crippen molar-refractivity contribution < 1.29 is 27.9 Å². The van der Waals surface area contributed by atoms with Gasteiger partial charge >= 0.3 is 12.1 Å². The number of aliphatic carboxylic acids is 1. The Morgan fingerprint density at radius 1 is 1.08 bits per heavy atom. The minimum Gasteiger partial charge on any atom is -0.481 e. The van der Waals surface area contributed by atoms with Crippen LogP contribution in [0.1, 0.15) is 89.2 Å². The summed E-state index contributed by atoms with van der Waals surface area (Å²) in [7, 11) is 0. The number of nitrogens with zero attached hydrogens (tertiary/aromatic N) is 2. The van der Waals surface area contributed by atoms with E-state index in [0.717, 1.165) is 43.7 Å². The van der Waals surface area contributed by atoms with E-state index in [1.165, 1.54) is 18.6 Å². The molecule has 1 aliphatic carbocycles. The van der Waals surface area contributed by atoms with Gasteiger partial charge in [0.05, 0.1) is 16.7 Å². The highest BCUT2D eigenvalue weighted by atomic mass is 32.2. The fourth-order valence-corrected chi connectivity index (χ4v) is 5.24. The van der Waals surface area contributed by atoms with Crippen LogP contribution in [-0.4, -0.2) is 38.8 Å². The zero-order valence-electron chi connectivity index (χ0n) is 23.2. The molecule has 1 aliphatic rings. The first-order valence-corrected chi connectivity index (χ1v) is 14.1. The van der Waals surface area contributed by atoms with Crippen LogP contribution < -0.4 is 10.0 Å². The Morgan fingerprint density at radius 2 is 1.74 bits per heavy atom. The van der Waals surface area contributed by atoms with Gasteiger partial charge < -0.3 is 10.4 Å². The third-order valence-corrected chi connectivity index (χ3v) is 8.12. The number of carbonyl (C=O) groups excluding carboxylic acids is 1. The molecule has 3 N–H and O–H groups in total. The highest BCUT2D eigenvalue weighted by Gasteiger charge is 2.35. The SMILES string of the molecule is CC(C)(C)NSc1ccc(-c2cc(C(=O)NCCC(C)(C)C(=O)O)nn2CC2CCCCC2)cc1C(F)(F)F. The standard InChI is InChI=1S/C28H39F3N4O3S/c1-26(2,3)34-39-23-12-11-19(15-20(23)28(29,30)31)22-16-21(24(36)32-14-13-27(4,5)25(37)38)33-35(22)17-18-9-7-6-8-10-18/h11-12,15-16,18,34H,6-10,13-14,17H2,1-5H3,(H,32,36)(H,37,38). The highest BCUT2D eigenvalue weighted by Crippen LogP contribution is 2.39. The quantitative estimate of drug-likeness (QED) is 0.274. The Morgan fingerprint density at radius 3 is 2.33 bits per heavy atom. The second-order valence-corrected chi connectivity index (χ2v) is 12.8. The summed E-state index contributed by atoms with van der Waals surface area (Å²) in [4.78, 5) is 24.3. The normalized spacial score (nSPS) is 15.4. The molecule has 7 nitrogen and oxygen atoms in total. The van der Waals surface area contributed by atoms with E-state index in [4.69, 9.17) is 0 Å². The van der Waals surface area contributed by atoms with Gasteiger partial charge in [0.1, 0.15) is 0 Å². The van der Waals surface area contributed by atoms with Crippen molar-refractivity contribution in [1.29, 1.82) is 0 Å². The number of rotatable bonds is 10. The Labute approximate surface area is 232 Å². The second-order valence-electron chi connectivity index (χ2n) is 12.0. The highest BCUT2D eigenvalue weighted by molar-refractivity contribution is 7.97. The second kappa shape index (κ2) is 12.3. The molecule has 1 heterocycles. The Bertz CT molecular complexity index is 1170. The molecule has 39 heavy (non-hydrogen) atoms. The van der Waals surface area contributed by atoms with Gasteiger partial charge in [0.25, 0.3) is 5.91 Å².